The molecule has 118 valence electrons. The zero-order chi connectivity index (χ0) is 16.0. The largest absolute Gasteiger partial charge is 0.287 e. The highest BCUT2D eigenvalue weighted by Gasteiger charge is 2.43. The van der Waals surface area contributed by atoms with Crippen molar-refractivity contribution in [2.24, 2.45) is 0 Å². The number of hydrogen-bond donors (Lipinski definition) is 0. The SMILES string of the molecule is O=C1C[C@@H](N2CCc3sccc3C2)C(=O)N1c1ccc(I)cc1. The highest BCUT2D eigenvalue weighted by atomic mass is 127. The smallest absolute Gasteiger partial charge is 0.251 e. The van der Waals surface area contributed by atoms with E-state index in [9.17, 15) is 9.59 Å². The highest BCUT2D eigenvalue weighted by molar-refractivity contribution is 14.1. The predicted molar refractivity (Wildman–Crippen MR) is 98.5 cm³/mol. The molecule has 4 rings (SSSR count). The van der Waals surface area contributed by atoms with Gasteiger partial charge < -0.3 is 0 Å². The van der Waals surface area contributed by atoms with Gasteiger partial charge in [0.2, 0.25) is 5.91 Å². The fraction of sp³-hybridized carbons (Fsp3) is 0.294. The Balaban J connectivity index is 1.57. The van der Waals surface area contributed by atoms with Crippen LogP contribution in [0.15, 0.2) is 35.7 Å². The number of thiophene rings is 1. The van der Waals surface area contributed by atoms with E-state index in [0.29, 0.717) is 5.69 Å². The van der Waals surface area contributed by atoms with Crippen LogP contribution in [0.3, 0.4) is 0 Å². The molecule has 2 aromatic rings. The Morgan fingerprint density at radius 3 is 2.70 bits per heavy atom. The molecule has 0 spiro atoms. The molecular weight excluding hydrogens is 423 g/mol. The molecule has 6 heteroatoms. The van der Waals surface area contributed by atoms with E-state index in [4.69, 9.17) is 0 Å². The van der Waals surface area contributed by atoms with Gasteiger partial charge in [-0.05, 0) is 70.3 Å². The lowest BCUT2D eigenvalue weighted by Crippen LogP contribution is -2.44. The first-order valence-corrected chi connectivity index (χ1v) is 9.51. The van der Waals surface area contributed by atoms with Gasteiger partial charge >= 0.3 is 0 Å². The van der Waals surface area contributed by atoms with E-state index in [-0.39, 0.29) is 24.3 Å². The minimum atomic E-state index is -0.324. The van der Waals surface area contributed by atoms with Crippen molar-refractivity contribution in [3.05, 3.63) is 49.7 Å². The van der Waals surface area contributed by atoms with Gasteiger partial charge in [0.25, 0.3) is 5.91 Å². The molecule has 0 aliphatic carbocycles. The molecule has 2 aliphatic rings. The van der Waals surface area contributed by atoms with Gasteiger partial charge in [0.05, 0.1) is 18.2 Å². The number of hydrogen-bond acceptors (Lipinski definition) is 4. The average Bonchev–Trinajstić information content (AvgIpc) is 3.12. The maximum Gasteiger partial charge on any atom is 0.251 e. The van der Waals surface area contributed by atoms with E-state index < -0.39 is 0 Å². The molecule has 0 saturated carbocycles. The average molecular weight is 438 g/mol. The number of carbonyl (C=O) groups is 2. The topological polar surface area (TPSA) is 40.6 Å². The van der Waals surface area contributed by atoms with Crippen molar-refractivity contribution in [1.29, 1.82) is 0 Å². The van der Waals surface area contributed by atoms with E-state index in [1.807, 2.05) is 24.3 Å². The third kappa shape index (κ3) is 2.72. The maximum atomic E-state index is 12.8. The summed E-state index contributed by atoms with van der Waals surface area (Å²) in [5.74, 6) is -0.188. The summed E-state index contributed by atoms with van der Waals surface area (Å²) in [6.07, 6.45) is 1.25. The second-order valence-electron chi connectivity index (χ2n) is 5.85. The molecule has 2 aliphatic heterocycles. The second kappa shape index (κ2) is 5.99. The minimum Gasteiger partial charge on any atom is -0.287 e. The fourth-order valence-corrected chi connectivity index (χ4v) is 4.55. The Bertz CT molecular complexity index is 771. The van der Waals surface area contributed by atoms with Crippen LogP contribution in [0.5, 0.6) is 0 Å². The molecule has 1 aromatic heterocycles. The summed E-state index contributed by atoms with van der Waals surface area (Å²) >= 11 is 3.99. The van der Waals surface area contributed by atoms with Crippen molar-refractivity contribution in [3.8, 4) is 0 Å². The second-order valence-corrected chi connectivity index (χ2v) is 8.10. The Labute approximate surface area is 152 Å². The molecule has 0 radical (unpaired) electrons. The van der Waals surface area contributed by atoms with E-state index in [0.717, 1.165) is 23.1 Å². The number of carbonyl (C=O) groups excluding carboxylic acids is 2. The number of amides is 2. The third-order valence-electron chi connectivity index (χ3n) is 4.49. The van der Waals surface area contributed by atoms with Crippen molar-refractivity contribution in [3.63, 3.8) is 0 Å². The van der Waals surface area contributed by atoms with Gasteiger partial charge in [0.15, 0.2) is 0 Å². The molecule has 0 unspecified atom stereocenters. The summed E-state index contributed by atoms with van der Waals surface area (Å²) in [6.45, 7) is 1.61. The van der Waals surface area contributed by atoms with Crippen LogP contribution in [0, 0.1) is 3.57 Å². The van der Waals surface area contributed by atoms with Crippen LogP contribution in [0.4, 0.5) is 5.69 Å². The minimum absolute atomic E-state index is 0.0881. The van der Waals surface area contributed by atoms with E-state index in [1.165, 1.54) is 15.3 Å². The predicted octanol–water partition coefficient (Wildman–Crippen LogP) is 3.04. The van der Waals surface area contributed by atoms with Crippen LogP contribution in [0.1, 0.15) is 16.9 Å². The third-order valence-corrected chi connectivity index (χ3v) is 6.23. The zero-order valence-corrected chi connectivity index (χ0v) is 15.3. The van der Waals surface area contributed by atoms with Crippen molar-refractivity contribution < 1.29 is 9.59 Å². The monoisotopic (exact) mass is 438 g/mol. The van der Waals surface area contributed by atoms with Gasteiger partial charge in [-0.3, -0.25) is 14.5 Å². The van der Waals surface area contributed by atoms with Crippen LogP contribution < -0.4 is 4.90 Å². The zero-order valence-electron chi connectivity index (χ0n) is 12.4. The number of anilines is 1. The molecule has 2 amide bonds. The first-order valence-electron chi connectivity index (χ1n) is 7.55. The fourth-order valence-electron chi connectivity index (χ4n) is 3.30. The molecule has 0 N–H and O–H groups in total. The van der Waals surface area contributed by atoms with E-state index >= 15 is 0 Å². The number of imide groups is 1. The summed E-state index contributed by atoms with van der Waals surface area (Å²) in [6, 6.07) is 9.32. The lowest BCUT2D eigenvalue weighted by Gasteiger charge is -2.30. The number of fused-ring (bicyclic) bond motifs is 1. The molecule has 0 bridgehead atoms. The van der Waals surface area contributed by atoms with Crippen LogP contribution in [0.25, 0.3) is 0 Å². The summed E-state index contributed by atoms with van der Waals surface area (Å²) in [7, 11) is 0. The van der Waals surface area contributed by atoms with Crippen molar-refractivity contribution in [2.75, 3.05) is 11.4 Å². The van der Waals surface area contributed by atoms with Gasteiger partial charge in [-0.25, -0.2) is 4.90 Å². The van der Waals surface area contributed by atoms with Gasteiger partial charge in [0, 0.05) is 21.5 Å². The van der Waals surface area contributed by atoms with Crippen LogP contribution in [0.2, 0.25) is 0 Å². The van der Waals surface area contributed by atoms with Gasteiger partial charge in [0.1, 0.15) is 0 Å². The first kappa shape index (κ1) is 15.3. The number of halogens is 1. The molecule has 3 heterocycles. The quantitative estimate of drug-likeness (QED) is 0.535. The molecule has 1 fully saturated rings. The molecule has 1 atom stereocenters. The van der Waals surface area contributed by atoms with Gasteiger partial charge in [-0.15, -0.1) is 11.3 Å². The van der Waals surface area contributed by atoms with Gasteiger partial charge in [-0.2, -0.15) is 0 Å². The maximum absolute atomic E-state index is 12.8. The first-order chi connectivity index (χ1) is 11.1. The standard InChI is InChI=1S/C17H15IN2O2S/c18-12-1-3-13(4-2-12)20-16(21)9-14(17(20)22)19-7-5-15-11(10-19)6-8-23-15/h1-4,6,8,14H,5,7,9-10H2/t14-/m1/s1. The lowest BCUT2D eigenvalue weighted by atomic mass is 10.1. The van der Waals surface area contributed by atoms with Crippen LogP contribution >= 0.6 is 33.9 Å². The number of nitrogens with zero attached hydrogens (tertiary/aromatic N) is 2. The molecule has 1 aromatic carbocycles. The summed E-state index contributed by atoms with van der Waals surface area (Å²) in [4.78, 5) is 30.1. The molecule has 4 nitrogen and oxygen atoms in total. The summed E-state index contributed by atoms with van der Waals surface area (Å²) in [5, 5.41) is 2.10. The molecule has 1 saturated heterocycles. The Kier molecular flexibility index (Phi) is 3.98. The summed E-state index contributed by atoms with van der Waals surface area (Å²) < 4.78 is 1.09. The Morgan fingerprint density at radius 1 is 1.13 bits per heavy atom. The van der Waals surface area contributed by atoms with E-state index in [2.05, 4.69) is 38.9 Å². The van der Waals surface area contributed by atoms with Crippen molar-refractivity contribution in [1.82, 2.24) is 4.90 Å². The summed E-state index contributed by atoms with van der Waals surface area (Å²) in [5.41, 5.74) is 1.98. The van der Waals surface area contributed by atoms with Crippen LogP contribution in [-0.4, -0.2) is 29.3 Å². The highest BCUT2D eigenvalue weighted by Crippen LogP contribution is 2.31. The lowest BCUT2D eigenvalue weighted by molar-refractivity contribution is -0.123. The van der Waals surface area contributed by atoms with Crippen molar-refractivity contribution in [2.45, 2.75) is 25.4 Å². The molecule has 23 heavy (non-hydrogen) atoms. The van der Waals surface area contributed by atoms with E-state index in [1.54, 1.807) is 11.3 Å². The van der Waals surface area contributed by atoms with Crippen molar-refractivity contribution >= 4 is 51.4 Å². The number of rotatable bonds is 2. The van der Waals surface area contributed by atoms with Gasteiger partial charge in [-0.1, -0.05) is 0 Å². The number of benzene rings is 1. The Morgan fingerprint density at radius 2 is 1.91 bits per heavy atom. The Hall–Kier alpha value is -1.25. The molecular formula is C17H15IN2O2S. The van der Waals surface area contributed by atoms with Crippen LogP contribution in [-0.2, 0) is 22.6 Å². The normalized spacial score (nSPS) is 21.8.